The number of carbonyl (C=O) groups excluding carboxylic acids is 1. The first-order valence-corrected chi connectivity index (χ1v) is 10.6. The van der Waals surface area contributed by atoms with E-state index in [9.17, 15) is 4.79 Å². The molecule has 0 amide bonds. The molecular formula is C26H24N2O3. The Morgan fingerprint density at radius 3 is 2.48 bits per heavy atom. The lowest BCUT2D eigenvalue weighted by molar-refractivity contribution is 0.0322. The van der Waals surface area contributed by atoms with Crippen molar-refractivity contribution in [3.8, 4) is 5.75 Å². The second kappa shape index (κ2) is 8.84. The lowest BCUT2D eigenvalue weighted by Crippen LogP contribution is -2.38. The number of morpholine rings is 1. The zero-order valence-electron chi connectivity index (χ0n) is 17.3. The Balaban J connectivity index is 1.48. The maximum atomic E-state index is 13.4. The molecule has 1 aliphatic carbocycles. The molecule has 156 valence electrons. The lowest BCUT2D eigenvalue weighted by atomic mass is 9.95. The van der Waals surface area contributed by atoms with Gasteiger partial charge in [-0.3, -0.25) is 14.7 Å². The molecular weight excluding hydrogens is 388 g/mol. The lowest BCUT2D eigenvalue weighted by Gasteiger charge is -2.26. The summed E-state index contributed by atoms with van der Waals surface area (Å²) in [6, 6.07) is 19.6. The van der Waals surface area contributed by atoms with Gasteiger partial charge in [0.05, 0.1) is 13.2 Å². The highest BCUT2D eigenvalue weighted by atomic mass is 16.5. The molecule has 1 aromatic heterocycles. The van der Waals surface area contributed by atoms with Crippen LogP contribution in [-0.4, -0.2) is 55.1 Å². The summed E-state index contributed by atoms with van der Waals surface area (Å²) in [5.41, 5.74) is 5.10. The van der Waals surface area contributed by atoms with Gasteiger partial charge in [-0.2, -0.15) is 0 Å². The highest BCUT2D eigenvalue weighted by Gasteiger charge is 2.31. The van der Waals surface area contributed by atoms with E-state index >= 15 is 0 Å². The second-order valence-corrected chi connectivity index (χ2v) is 7.70. The van der Waals surface area contributed by atoms with Crippen molar-refractivity contribution in [2.24, 2.45) is 0 Å². The van der Waals surface area contributed by atoms with Crippen molar-refractivity contribution in [1.29, 1.82) is 0 Å². The summed E-state index contributed by atoms with van der Waals surface area (Å²) in [6.45, 7) is 4.91. The Morgan fingerprint density at radius 2 is 1.71 bits per heavy atom. The molecule has 5 nitrogen and oxygen atoms in total. The third kappa shape index (κ3) is 4.02. The van der Waals surface area contributed by atoms with E-state index in [1.54, 1.807) is 12.4 Å². The van der Waals surface area contributed by atoms with Gasteiger partial charge in [0.2, 0.25) is 0 Å². The molecule has 0 N–H and O–H groups in total. The van der Waals surface area contributed by atoms with E-state index in [0.717, 1.165) is 60.9 Å². The van der Waals surface area contributed by atoms with Crippen molar-refractivity contribution >= 4 is 16.9 Å². The quantitative estimate of drug-likeness (QED) is 0.614. The Kier molecular flexibility index (Phi) is 5.61. The van der Waals surface area contributed by atoms with Gasteiger partial charge in [0.25, 0.3) is 0 Å². The molecule has 31 heavy (non-hydrogen) atoms. The number of allylic oxidation sites excluding steroid dienone is 1. The highest BCUT2D eigenvalue weighted by Crippen LogP contribution is 2.43. The number of pyridine rings is 1. The predicted octanol–water partition coefficient (Wildman–Crippen LogP) is 3.95. The standard InChI is InChI=1S/C26H24N2O3/c29-26-22-9-8-21(31-16-13-28-11-14-30-15-12-28)17-23(22)24(19-5-2-1-3-6-19)25(26)20-7-4-10-27-18-20/h1-10,17-18H,11-16H2. The largest absolute Gasteiger partial charge is 0.492 e. The fraction of sp³-hybridized carbons (Fsp3) is 0.231. The molecule has 5 rings (SSSR count). The van der Waals surface area contributed by atoms with Crippen molar-refractivity contribution in [2.45, 2.75) is 0 Å². The molecule has 1 fully saturated rings. The number of ether oxygens (including phenoxy) is 2. The zero-order chi connectivity index (χ0) is 21.0. The summed E-state index contributed by atoms with van der Waals surface area (Å²) in [6.07, 6.45) is 3.47. The van der Waals surface area contributed by atoms with Crippen LogP contribution in [0, 0.1) is 0 Å². The van der Waals surface area contributed by atoms with Crippen LogP contribution in [0.4, 0.5) is 0 Å². The Labute approximate surface area is 181 Å². The van der Waals surface area contributed by atoms with E-state index in [1.165, 1.54) is 0 Å². The van der Waals surface area contributed by atoms with Gasteiger partial charge in [0.15, 0.2) is 5.78 Å². The number of rotatable bonds is 6. The van der Waals surface area contributed by atoms with Crippen LogP contribution < -0.4 is 4.74 Å². The van der Waals surface area contributed by atoms with Crippen molar-refractivity contribution in [1.82, 2.24) is 9.88 Å². The fourth-order valence-corrected chi connectivity index (χ4v) is 4.21. The van der Waals surface area contributed by atoms with E-state index in [0.29, 0.717) is 17.7 Å². The third-order valence-corrected chi connectivity index (χ3v) is 5.77. The van der Waals surface area contributed by atoms with Gasteiger partial charge in [-0.05, 0) is 35.4 Å². The number of Topliss-reactive ketones (excluding diaryl/α,β-unsaturated/α-hetero) is 1. The van der Waals surface area contributed by atoms with Gasteiger partial charge >= 0.3 is 0 Å². The van der Waals surface area contributed by atoms with E-state index in [4.69, 9.17) is 9.47 Å². The van der Waals surface area contributed by atoms with Crippen molar-refractivity contribution < 1.29 is 14.3 Å². The van der Waals surface area contributed by atoms with Crippen LogP contribution in [-0.2, 0) is 4.74 Å². The molecule has 3 aromatic rings. The summed E-state index contributed by atoms with van der Waals surface area (Å²) in [4.78, 5) is 19.9. The summed E-state index contributed by atoms with van der Waals surface area (Å²) < 4.78 is 11.5. The van der Waals surface area contributed by atoms with Gasteiger partial charge in [0.1, 0.15) is 12.4 Å². The molecule has 2 aliphatic rings. The number of hydrogen-bond acceptors (Lipinski definition) is 5. The zero-order valence-corrected chi connectivity index (χ0v) is 17.3. The molecule has 0 spiro atoms. The molecule has 2 heterocycles. The van der Waals surface area contributed by atoms with Crippen LogP contribution in [0.25, 0.3) is 11.1 Å². The monoisotopic (exact) mass is 412 g/mol. The third-order valence-electron chi connectivity index (χ3n) is 5.77. The average Bonchev–Trinajstić information content (AvgIpc) is 3.12. The van der Waals surface area contributed by atoms with Crippen LogP contribution in [0.5, 0.6) is 5.75 Å². The van der Waals surface area contributed by atoms with E-state index < -0.39 is 0 Å². The molecule has 0 unspecified atom stereocenters. The minimum atomic E-state index is 0.0294. The van der Waals surface area contributed by atoms with Crippen LogP contribution in [0.1, 0.15) is 27.0 Å². The van der Waals surface area contributed by atoms with Crippen LogP contribution >= 0.6 is 0 Å². The number of aromatic nitrogens is 1. The van der Waals surface area contributed by atoms with Gasteiger partial charge in [0, 0.05) is 54.3 Å². The van der Waals surface area contributed by atoms with Gasteiger partial charge in [-0.25, -0.2) is 0 Å². The number of benzene rings is 2. The van der Waals surface area contributed by atoms with Gasteiger partial charge in [-0.1, -0.05) is 36.4 Å². The molecule has 0 saturated carbocycles. The van der Waals surface area contributed by atoms with Gasteiger partial charge < -0.3 is 9.47 Å². The first-order valence-electron chi connectivity index (χ1n) is 10.6. The van der Waals surface area contributed by atoms with Crippen LogP contribution in [0.2, 0.25) is 0 Å². The number of ketones is 1. The predicted molar refractivity (Wildman–Crippen MR) is 120 cm³/mol. The summed E-state index contributed by atoms with van der Waals surface area (Å²) in [7, 11) is 0. The normalized spacial score (nSPS) is 16.5. The van der Waals surface area contributed by atoms with E-state index in [-0.39, 0.29) is 5.78 Å². The minimum Gasteiger partial charge on any atom is -0.492 e. The number of fused-ring (bicyclic) bond motifs is 1. The SMILES string of the molecule is O=C1C(c2cccnc2)=C(c2ccccc2)c2cc(OCCN3CCOCC3)ccc21. The molecule has 5 heteroatoms. The molecule has 0 bridgehead atoms. The van der Waals surface area contributed by atoms with Gasteiger partial charge in [-0.15, -0.1) is 0 Å². The number of nitrogens with zero attached hydrogens (tertiary/aromatic N) is 2. The van der Waals surface area contributed by atoms with Crippen LogP contribution in [0.15, 0.2) is 73.1 Å². The van der Waals surface area contributed by atoms with E-state index in [2.05, 4.69) is 9.88 Å². The molecule has 0 atom stereocenters. The minimum absolute atomic E-state index is 0.0294. The Morgan fingerprint density at radius 1 is 0.903 bits per heavy atom. The number of hydrogen-bond donors (Lipinski definition) is 0. The molecule has 1 aliphatic heterocycles. The van der Waals surface area contributed by atoms with Crippen molar-refractivity contribution in [3.05, 3.63) is 95.3 Å². The highest BCUT2D eigenvalue weighted by molar-refractivity contribution is 6.41. The van der Waals surface area contributed by atoms with E-state index in [1.807, 2.05) is 60.7 Å². The second-order valence-electron chi connectivity index (χ2n) is 7.70. The smallest absolute Gasteiger partial charge is 0.194 e. The summed E-state index contributed by atoms with van der Waals surface area (Å²) in [5.74, 6) is 0.808. The van der Waals surface area contributed by atoms with Crippen molar-refractivity contribution in [2.75, 3.05) is 39.5 Å². The average molecular weight is 412 g/mol. The fourth-order valence-electron chi connectivity index (χ4n) is 4.21. The molecule has 1 saturated heterocycles. The Hall–Kier alpha value is -3.28. The maximum absolute atomic E-state index is 13.4. The van der Waals surface area contributed by atoms with Crippen molar-refractivity contribution in [3.63, 3.8) is 0 Å². The number of carbonyl (C=O) groups is 1. The Bertz CT molecular complexity index is 1100. The summed E-state index contributed by atoms with van der Waals surface area (Å²) in [5, 5.41) is 0. The molecule has 2 aromatic carbocycles. The maximum Gasteiger partial charge on any atom is 0.194 e. The molecule has 0 radical (unpaired) electrons. The first-order chi connectivity index (χ1) is 15.3. The first kappa shape index (κ1) is 19.7. The topological polar surface area (TPSA) is 51.7 Å². The summed E-state index contributed by atoms with van der Waals surface area (Å²) >= 11 is 0. The van der Waals surface area contributed by atoms with Crippen LogP contribution in [0.3, 0.4) is 0 Å².